The van der Waals surface area contributed by atoms with Gasteiger partial charge in [-0.25, -0.2) is 0 Å². The van der Waals surface area contributed by atoms with E-state index in [2.05, 4.69) is 33.0 Å². The molecule has 1 saturated carbocycles. The Morgan fingerprint density at radius 3 is 2.23 bits per heavy atom. The molecule has 194 valence electrons. The third-order valence-corrected chi connectivity index (χ3v) is 7.08. The van der Waals surface area contributed by atoms with Gasteiger partial charge in [-0.05, 0) is 92.1 Å². The monoisotopic (exact) mass is 485 g/mol. The fourth-order valence-corrected chi connectivity index (χ4v) is 4.44. The Hall–Kier alpha value is -1.67. The molecule has 1 N–H and O–H groups in total. The summed E-state index contributed by atoms with van der Waals surface area (Å²) in [4.78, 5) is 12.9. The van der Waals surface area contributed by atoms with Crippen LogP contribution in [0.1, 0.15) is 86.6 Å². The molecule has 0 bridgehead atoms. The van der Waals surface area contributed by atoms with Crippen molar-refractivity contribution in [2.45, 2.75) is 116 Å². The third-order valence-electron chi connectivity index (χ3n) is 7.08. The lowest BCUT2D eigenvalue weighted by Crippen LogP contribution is -2.49. The molecule has 6 nitrogen and oxygen atoms in total. The van der Waals surface area contributed by atoms with Crippen molar-refractivity contribution in [3.8, 4) is 0 Å². The molecule has 2 fully saturated rings. The highest BCUT2D eigenvalue weighted by Crippen LogP contribution is 2.36. The number of ether oxygens (including phenoxy) is 2. The predicted molar refractivity (Wildman–Crippen MR) is 142 cm³/mol. The predicted octanol–water partition coefficient (Wildman–Crippen LogP) is 4.65. The molecule has 7 heteroatoms. The first kappa shape index (κ1) is 27.9. The Morgan fingerprint density at radius 2 is 1.69 bits per heavy atom. The number of hydrogen-bond donors (Lipinski definition) is 1. The Labute approximate surface area is 212 Å². The van der Waals surface area contributed by atoms with Crippen molar-refractivity contribution in [2.24, 2.45) is 0 Å². The first-order chi connectivity index (χ1) is 16.3. The van der Waals surface area contributed by atoms with Crippen molar-refractivity contribution < 1.29 is 23.6 Å². The van der Waals surface area contributed by atoms with E-state index < -0.39 is 6.04 Å². The summed E-state index contributed by atoms with van der Waals surface area (Å²) in [5, 5.41) is 3.33. The number of nitrogens with one attached hydrogen (secondary N) is 1. The molecule has 0 radical (unpaired) electrons. The van der Waals surface area contributed by atoms with Crippen LogP contribution in [-0.2, 0) is 23.6 Å². The smallest absolute Gasteiger partial charge is 0.461 e. The van der Waals surface area contributed by atoms with E-state index in [1.165, 1.54) is 0 Å². The number of hydrogen-bond acceptors (Lipinski definition) is 6. The highest BCUT2D eigenvalue weighted by molar-refractivity contribution is 6.62. The van der Waals surface area contributed by atoms with E-state index in [4.69, 9.17) is 18.8 Å². The van der Waals surface area contributed by atoms with Gasteiger partial charge in [0.15, 0.2) is 0 Å². The molecule has 2 unspecified atom stereocenters. The molecule has 1 aliphatic heterocycles. The van der Waals surface area contributed by atoms with Gasteiger partial charge < -0.3 is 18.8 Å². The lowest BCUT2D eigenvalue weighted by atomic mass is 9.79. The Balaban J connectivity index is 1.57. The number of carbonyl (C=O) groups is 1. The van der Waals surface area contributed by atoms with Gasteiger partial charge in [-0.1, -0.05) is 36.4 Å². The second-order valence-electron chi connectivity index (χ2n) is 11.8. The molecule has 1 aromatic carbocycles. The number of esters is 1. The maximum atomic E-state index is 12.9. The van der Waals surface area contributed by atoms with Gasteiger partial charge in [0.05, 0.1) is 22.9 Å². The lowest BCUT2D eigenvalue weighted by Gasteiger charge is -2.32. The van der Waals surface area contributed by atoms with E-state index in [1.807, 2.05) is 64.1 Å². The van der Waals surface area contributed by atoms with Gasteiger partial charge in [-0.15, -0.1) is 0 Å². The van der Waals surface area contributed by atoms with Crippen molar-refractivity contribution in [1.29, 1.82) is 0 Å². The molecule has 1 aliphatic carbocycles. The quantitative estimate of drug-likeness (QED) is 0.406. The van der Waals surface area contributed by atoms with Crippen molar-refractivity contribution in [3.05, 3.63) is 35.9 Å². The van der Waals surface area contributed by atoms with Crippen molar-refractivity contribution >= 4 is 24.6 Å². The van der Waals surface area contributed by atoms with Crippen LogP contribution in [0.25, 0.3) is 6.08 Å². The molecule has 2 atom stereocenters. The first-order valence-corrected chi connectivity index (χ1v) is 13.0. The molecule has 2 aliphatic rings. The summed E-state index contributed by atoms with van der Waals surface area (Å²) in [5.74, 6) is -0.228. The average Bonchev–Trinajstić information content (AvgIpc) is 3.32. The molecule has 1 heterocycles. The molecular formula is C28H44BNO5. The zero-order valence-electron chi connectivity index (χ0n) is 22.9. The molecule has 1 saturated heterocycles. The van der Waals surface area contributed by atoms with Gasteiger partial charge in [0, 0.05) is 6.54 Å². The molecule has 35 heavy (non-hydrogen) atoms. The van der Waals surface area contributed by atoms with Gasteiger partial charge >= 0.3 is 13.1 Å². The van der Waals surface area contributed by atoms with E-state index in [1.54, 1.807) is 0 Å². The zero-order chi connectivity index (χ0) is 25.9. The second-order valence-corrected chi connectivity index (χ2v) is 11.8. The number of benzene rings is 1. The Morgan fingerprint density at radius 1 is 1.11 bits per heavy atom. The fourth-order valence-electron chi connectivity index (χ4n) is 4.44. The van der Waals surface area contributed by atoms with Gasteiger partial charge in [-0.3, -0.25) is 10.1 Å². The molecule has 0 aromatic heterocycles. The third kappa shape index (κ3) is 7.66. The van der Waals surface area contributed by atoms with Gasteiger partial charge in [0.25, 0.3) is 0 Å². The summed E-state index contributed by atoms with van der Waals surface area (Å²) in [7, 11) is -0.365. The van der Waals surface area contributed by atoms with Crippen LogP contribution in [0.3, 0.4) is 0 Å². The highest BCUT2D eigenvalue weighted by Gasteiger charge is 2.51. The molecular weight excluding hydrogens is 441 g/mol. The Bertz CT molecular complexity index is 852. The summed E-state index contributed by atoms with van der Waals surface area (Å²) < 4.78 is 24.1. The van der Waals surface area contributed by atoms with E-state index in [9.17, 15) is 4.79 Å². The molecule has 0 spiro atoms. The maximum Gasteiger partial charge on any atom is 0.494 e. The Kier molecular flexibility index (Phi) is 8.90. The summed E-state index contributed by atoms with van der Waals surface area (Å²) in [6.45, 7) is 16.7. The second kappa shape index (κ2) is 11.2. The van der Waals surface area contributed by atoms with Crippen LogP contribution in [0.2, 0.25) is 0 Å². The van der Waals surface area contributed by atoms with Gasteiger partial charge in [0.1, 0.15) is 12.1 Å². The minimum atomic E-state index is -0.523. The normalized spacial score (nSPS) is 22.0. The minimum Gasteiger partial charge on any atom is -0.461 e. The SMILES string of the molecule is CC(OC(C)(C)C)C(NC/C=C/c1ccc(B2OC(C)(C)C(C)(C)O2)cc1)C(=O)OC1CCCC1. The number of carbonyl (C=O) groups excluding carboxylic acids is 1. The summed E-state index contributed by atoms with van der Waals surface area (Å²) in [6.07, 6.45) is 7.94. The summed E-state index contributed by atoms with van der Waals surface area (Å²) in [5.41, 5.74) is 1.01. The van der Waals surface area contributed by atoms with Crippen LogP contribution in [0.15, 0.2) is 30.3 Å². The van der Waals surface area contributed by atoms with E-state index >= 15 is 0 Å². The van der Waals surface area contributed by atoms with Crippen LogP contribution in [0.5, 0.6) is 0 Å². The van der Waals surface area contributed by atoms with E-state index in [0.29, 0.717) is 6.54 Å². The van der Waals surface area contributed by atoms with Crippen LogP contribution in [-0.4, -0.2) is 54.7 Å². The summed E-state index contributed by atoms with van der Waals surface area (Å²) >= 11 is 0. The lowest BCUT2D eigenvalue weighted by molar-refractivity contribution is -0.158. The molecule has 3 rings (SSSR count). The maximum absolute atomic E-state index is 12.9. The molecule has 0 amide bonds. The standard InChI is InChI=1S/C28H44BNO5/c1-20(33-26(2,3)4)24(25(31)32-23-13-9-10-14-23)30-19-11-12-21-15-17-22(18-16-21)29-34-27(5,6)28(7,8)35-29/h11-12,15-18,20,23-24,30H,9-10,13-14,19H2,1-8H3/b12-11+. The van der Waals surface area contributed by atoms with Crippen molar-refractivity contribution in [2.75, 3.05) is 6.54 Å². The van der Waals surface area contributed by atoms with Gasteiger partial charge in [-0.2, -0.15) is 0 Å². The van der Waals surface area contributed by atoms with Crippen LogP contribution in [0.4, 0.5) is 0 Å². The highest BCUT2D eigenvalue weighted by atomic mass is 16.7. The zero-order valence-corrected chi connectivity index (χ0v) is 22.9. The van der Waals surface area contributed by atoms with Crippen molar-refractivity contribution in [1.82, 2.24) is 5.32 Å². The van der Waals surface area contributed by atoms with Crippen LogP contribution >= 0.6 is 0 Å². The van der Waals surface area contributed by atoms with Crippen molar-refractivity contribution in [3.63, 3.8) is 0 Å². The van der Waals surface area contributed by atoms with Crippen LogP contribution in [0, 0.1) is 0 Å². The number of rotatable bonds is 9. The fraction of sp³-hybridized carbons (Fsp3) is 0.679. The van der Waals surface area contributed by atoms with E-state index in [-0.39, 0.29) is 42.1 Å². The van der Waals surface area contributed by atoms with E-state index in [0.717, 1.165) is 36.7 Å². The van der Waals surface area contributed by atoms with Gasteiger partial charge in [0.2, 0.25) is 0 Å². The first-order valence-electron chi connectivity index (χ1n) is 13.0. The topological polar surface area (TPSA) is 66.0 Å². The van der Waals surface area contributed by atoms with Crippen LogP contribution < -0.4 is 10.8 Å². The molecule has 1 aromatic rings. The largest absolute Gasteiger partial charge is 0.494 e. The minimum absolute atomic E-state index is 0.0340. The average molecular weight is 485 g/mol. The summed E-state index contributed by atoms with van der Waals surface area (Å²) in [6, 6.07) is 7.65.